The highest BCUT2D eigenvalue weighted by Gasteiger charge is 2.23. The summed E-state index contributed by atoms with van der Waals surface area (Å²) < 4.78 is 11.5. The van der Waals surface area contributed by atoms with Crippen molar-refractivity contribution in [2.24, 2.45) is 17.6 Å². The minimum absolute atomic E-state index is 0.164. The first-order valence-corrected chi connectivity index (χ1v) is 8.37. The first-order chi connectivity index (χ1) is 11.1. The molecule has 0 saturated carbocycles. The summed E-state index contributed by atoms with van der Waals surface area (Å²) in [4.78, 5) is 11.2. The van der Waals surface area contributed by atoms with Crippen molar-refractivity contribution in [2.75, 3.05) is 19.8 Å². The maximum Gasteiger partial charge on any atom is 0.307 e. The van der Waals surface area contributed by atoms with Crippen LogP contribution in [0.15, 0.2) is 18.2 Å². The Labute approximate surface area is 138 Å². The van der Waals surface area contributed by atoms with E-state index in [-0.39, 0.29) is 12.5 Å². The van der Waals surface area contributed by atoms with Gasteiger partial charge in [0.25, 0.3) is 0 Å². The van der Waals surface area contributed by atoms with E-state index in [1.807, 2.05) is 32.0 Å². The van der Waals surface area contributed by atoms with Gasteiger partial charge >= 0.3 is 5.97 Å². The van der Waals surface area contributed by atoms with Crippen molar-refractivity contribution < 1.29 is 19.4 Å². The number of rotatable bonds is 11. The van der Waals surface area contributed by atoms with Gasteiger partial charge < -0.3 is 20.3 Å². The summed E-state index contributed by atoms with van der Waals surface area (Å²) in [7, 11) is 0. The molecule has 1 rings (SSSR count). The smallest absolute Gasteiger partial charge is 0.307 e. The number of carboxylic acid groups (broad SMARTS) is 1. The van der Waals surface area contributed by atoms with Gasteiger partial charge in [-0.25, -0.2) is 0 Å². The molecule has 0 aliphatic carbocycles. The highest BCUT2D eigenvalue weighted by atomic mass is 16.5. The fourth-order valence-electron chi connectivity index (χ4n) is 2.71. The Hall–Kier alpha value is -1.75. The molecule has 0 spiro atoms. The predicted octanol–water partition coefficient (Wildman–Crippen LogP) is 3.10. The van der Waals surface area contributed by atoms with Crippen molar-refractivity contribution in [1.82, 2.24) is 0 Å². The molecule has 130 valence electrons. The van der Waals surface area contributed by atoms with Crippen LogP contribution in [-0.2, 0) is 11.2 Å². The molecular weight excluding hydrogens is 294 g/mol. The summed E-state index contributed by atoms with van der Waals surface area (Å²) in [5, 5.41) is 9.23. The second-order valence-electron chi connectivity index (χ2n) is 5.58. The average molecular weight is 323 g/mol. The van der Waals surface area contributed by atoms with Crippen LogP contribution in [0.2, 0.25) is 0 Å². The Morgan fingerprint density at radius 3 is 2.13 bits per heavy atom. The number of ether oxygens (including phenoxy) is 2. The van der Waals surface area contributed by atoms with Crippen molar-refractivity contribution in [1.29, 1.82) is 0 Å². The van der Waals surface area contributed by atoms with Crippen LogP contribution in [-0.4, -0.2) is 30.8 Å². The van der Waals surface area contributed by atoms with E-state index < -0.39 is 11.9 Å². The zero-order valence-electron chi connectivity index (χ0n) is 14.4. The van der Waals surface area contributed by atoms with E-state index >= 15 is 0 Å². The van der Waals surface area contributed by atoms with Crippen LogP contribution in [0, 0.1) is 11.8 Å². The van der Waals surface area contributed by atoms with Gasteiger partial charge in [0.05, 0.1) is 19.1 Å². The zero-order valence-corrected chi connectivity index (χ0v) is 14.4. The lowest BCUT2D eigenvalue weighted by Crippen LogP contribution is -2.26. The first-order valence-electron chi connectivity index (χ1n) is 8.37. The second-order valence-corrected chi connectivity index (χ2v) is 5.58. The minimum Gasteiger partial charge on any atom is -0.493 e. The Morgan fingerprint density at radius 1 is 1.17 bits per heavy atom. The third kappa shape index (κ3) is 5.75. The topological polar surface area (TPSA) is 81.8 Å². The normalized spacial score (nSPS) is 13.4. The highest BCUT2D eigenvalue weighted by molar-refractivity contribution is 5.70. The Morgan fingerprint density at radius 2 is 1.74 bits per heavy atom. The number of aliphatic carboxylic acids is 1. The molecule has 5 heteroatoms. The van der Waals surface area contributed by atoms with Gasteiger partial charge in [0.2, 0.25) is 0 Å². The molecule has 0 aromatic heterocycles. The number of benzene rings is 1. The molecule has 23 heavy (non-hydrogen) atoms. The summed E-state index contributed by atoms with van der Waals surface area (Å²) in [6, 6.07) is 5.79. The van der Waals surface area contributed by atoms with E-state index in [1.165, 1.54) is 0 Å². The quantitative estimate of drug-likeness (QED) is 0.654. The fraction of sp³-hybridized carbons (Fsp3) is 0.611. The van der Waals surface area contributed by atoms with Gasteiger partial charge in [-0.1, -0.05) is 19.4 Å². The van der Waals surface area contributed by atoms with Crippen LogP contribution in [0.4, 0.5) is 0 Å². The van der Waals surface area contributed by atoms with E-state index in [0.717, 1.165) is 29.9 Å². The van der Waals surface area contributed by atoms with E-state index in [4.69, 9.17) is 15.2 Å². The van der Waals surface area contributed by atoms with Gasteiger partial charge in [0.1, 0.15) is 11.5 Å². The van der Waals surface area contributed by atoms with Crippen molar-refractivity contribution in [2.45, 2.75) is 40.0 Å². The summed E-state index contributed by atoms with van der Waals surface area (Å²) in [6.45, 7) is 7.30. The number of carbonyl (C=O) groups is 1. The lowest BCUT2D eigenvalue weighted by molar-refractivity contribution is -0.142. The SMILES string of the molecule is CCOc1cccc(OCC)c1CC(CC)CC(CN)C(=O)O. The molecule has 0 aliphatic rings. The van der Waals surface area contributed by atoms with Crippen LogP contribution in [0.1, 0.15) is 39.2 Å². The van der Waals surface area contributed by atoms with Crippen LogP contribution >= 0.6 is 0 Å². The molecule has 0 heterocycles. The van der Waals surface area contributed by atoms with Gasteiger partial charge in [-0.05, 0) is 44.7 Å². The van der Waals surface area contributed by atoms with Gasteiger partial charge in [-0.2, -0.15) is 0 Å². The molecule has 0 bridgehead atoms. The Kier molecular flexibility index (Phi) is 8.48. The zero-order chi connectivity index (χ0) is 17.2. The average Bonchev–Trinajstić information content (AvgIpc) is 2.53. The molecular formula is C18H29NO4. The third-order valence-corrected chi connectivity index (χ3v) is 4.01. The highest BCUT2D eigenvalue weighted by Crippen LogP contribution is 2.33. The van der Waals surface area contributed by atoms with E-state index in [2.05, 4.69) is 6.92 Å². The van der Waals surface area contributed by atoms with E-state index in [1.54, 1.807) is 0 Å². The Balaban J connectivity index is 3.00. The summed E-state index contributed by atoms with van der Waals surface area (Å²) in [5.41, 5.74) is 6.61. The molecule has 0 aliphatic heterocycles. The maximum absolute atomic E-state index is 11.2. The largest absolute Gasteiger partial charge is 0.493 e. The molecule has 5 nitrogen and oxygen atoms in total. The number of hydrogen-bond acceptors (Lipinski definition) is 4. The molecule has 2 unspecified atom stereocenters. The van der Waals surface area contributed by atoms with E-state index in [9.17, 15) is 9.90 Å². The van der Waals surface area contributed by atoms with Crippen molar-refractivity contribution >= 4 is 5.97 Å². The minimum atomic E-state index is -0.825. The fourth-order valence-corrected chi connectivity index (χ4v) is 2.71. The van der Waals surface area contributed by atoms with Crippen LogP contribution in [0.3, 0.4) is 0 Å². The molecule has 0 saturated heterocycles. The molecule has 0 fully saturated rings. The van der Waals surface area contributed by atoms with Gasteiger partial charge in [-0.3, -0.25) is 4.79 Å². The number of nitrogens with two attached hydrogens (primary N) is 1. The monoisotopic (exact) mass is 323 g/mol. The summed E-state index contributed by atoms with van der Waals surface area (Å²) >= 11 is 0. The number of hydrogen-bond donors (Lipinski definition) is 2. The predicted molar refractivity (Wildman–Crippen MR) is 91.1 cm³/mol. The molecule has 1 aromatic rings. The standard InChI is InChI=1S/C18H29NO4/c1-4-13(10-14(12-19)18(20)21)11-15-16(22-5-2)8-7-9-17(15)23-6-3/h7-9,13-14H,4-6,10-12,19H2,1-3H3,(H,20,21). The lowest BCUT2D eigenvalue weighted by atomic mass is 9.87. The van der Waals surface area contributed by atoms with Crippen LogP contribution in [0.5, 0.6) is 11.5 Å². The van der Waals surface area contributed by atoms with Gasteiger partial charge in [0, 0.05) is 12.1 Å². The summed E-state index contributed by atoms with van der Waals surface area (Å²) in [6.07, 6.45) is 2.18. The van der Waals surface area contributed by atoms with Crippen LogP contribution < -0.4 is 15.2 Å². The van der Waals surface area contributed by atoms with Crippen molar-refractivity contribution in [3.8, 4) is 11.5 Å². The second kappa shape index (κ2) is 10.1. The lowest BCUT2D eigenvalue weighted by Gasteiger charge is -2.22. The molecule has 3 N–H and O–H groups in total. The molecule has 1 aromatic carbocycles. The maximum atomic E-state index is 11.2. The summed E-state index contributed by atoms with van der Waals surface area (Å²) in [5.74, 6) is 0.525. The van der Waals surface area contributed by atoms with Gasteiger partial charge in [0.15, 0.2) is 0 Å². The third-order valence-electron chi connectivity index (χ3n) is 4.01. The first kappa shape index (κ1) is 19.3. The molecule has 0 radical (unpaired) electrons. The molecule has 0 amide bonds. The van der Waals surface area contributed by atoms with Crippen molar-refractivity contribution in [3.05, 3.63) is 23.8 Å². The van der Waals surface area contributed by atoms with E-state index in [0.29, 0.717) is 19.6 Å². The molecule has 2 atom stereocenters. The van der Waals surface area contributed by atoms with Crippen molar-refractivity contribution in [3.63, 3.8) is 0 Å². The van der Waals surface area contributed by atoms with Crippen LogP contribution in [0.25, 0.3) is 0 Å². The number of carboxylic acids is 1. The van der Waals surface area contributed by atoms with Gasteiger partial charge in [-0.15, -0.1) is 0 Å². The Bertz CT molecular complexity index is 466.